The average Bonchev–Trinajstić information content (AvgIpc) is 3.31. The SMILES string of the molecule is CN1C(=O)N(Cc2ccccc2)C(=O)C12CCN(Cc1ccc3c(c1)Cc1ccccc1-3)CC2. The first kappa shape index (κ1) is 21.1. The molecule has 172 valence electrons. The highest BCUT2D eigenvalue weighted by Gasteiger charge is 2.56. The molecule has 1 aliphatic carbocycles. The van der Waals surface area contributed by atoms with Gasteiger partial charge in [0.05, 0.1) is 6.54 Å². The van der Waals surface area contributed by atoms with E-state index in [1.54, 1.807) is 11.9 Å². The summed E-state index contributed by atoms with van der Waals surface area (Å²) in [5.41, 5.74) is 7.11. The normalized spacial score (nSPS) is 19.1. The second-order valence-corrected chi connectivity index (χ2v) is 9.85. The van der Waals surface area contributed by atoms with Crippen molar-refractivity contribution in [3.63, 3.8) is 0 Å². The van der Waals surface area contributed by atoms with Crippen molar-refractivity contribution in [2.24, 2.45) is 0 Å². The lowest BCUT2D eigenvalue weighted by Crippen LogP contribution is -2.55. The summed E-state index contributed by atoms with van der Waals surface area (Å²) < 4.78 is 0. The number of likely N-dealkylation sites (N-methyl/N-ethyl adjacent to an activating group) is 1. The number of fused-ring (bicyclic) bond motifs is 3. The predicted molar refractivity (Wildman–Crippen MR) is 132 cm³/mol. The summed E-state index contributed by atoms with van der Waals surface area (Å²) in [7, 11) is 1.79. The standard InChI is InChI=1S/C29H29N3O2/c1-30-28(34)32(20-21-7-3-2-4-8-21)27(33)29(30)13-15-31(16-14-29)19-22-11-12-26-24(17-22)18-23-9-5-6-10-25(23)26/h2-12,17H,13-16,18-20H2,1H3. The number of imide groups is 1. The molecule has 0 radical (unpaired) electrons. The minimum absolute atomic E-state index is 0.0428. The van der Waals surface area contributed by atoms with Crippen LogP contribution in [0.1, 0.15) is 35.1 Å². The highest BCUT2D eigenvalue weighted by molar-refractivity contribution is 6.06. The molecule has 0 atom stereocenters. The first-order valence-electron chi connectivity index (χ1n) is 12.1. The van der Waals surface area contributed by atoms with E-state index < -0.39 is 5.54 Å². The second-order valence-electron chi connectivity index (χ2n) is 9.85. The third-order valence-corrected chi connectivity index (χ3v) is 7.93. The Morgan fingerprint density at radius 3 is 2.26 bits per heavy atom. The summed E-state index contributed by atoms with van der Waals surface area (Å²) >= 11 is 0. The van der Waals surface area contributed by atoms with Crippen molar-refractivity contribution in [3.05, 3.63) is 95.1 Å². The molecule has 2 aliphatic heterocycles. The van der Waals surface area contributed by atoms with Gasteiger partial charge >= 0.3 is 6.03 Å². The van der Waals surface area contributed by atoms with Gasteiger partial charge < -0.3 is 4.90 Å². The van der Waals surface area contributed by atoms with Crippen molar-refractivity contribution in [2.75, 3.05) is 20.1 Å². The molecule has 2 heterocycles. The minimum atomic E-state index is -0.706. The molecule has 1 spiro atoms. The molecular weight excluding hydrogens is 422 g/mol. The Morgan fingerprint density at radius 2 is 1.47 bits per heavy atom. The van der Waals surface area contributed by atoms with Crippen LogP contribution in [-0.2, 0) is 24.3 Å². The Kier molecular flexibility index (Phi) is 5.03. The van der Waals surface area contributed by atoms with E-state index >= 15 is 0 Å². The van der Waals surface area contributed by atoms with E-state index in [0.29, 0.717) is 19.4 Å². The Morgan fingerprint density at radius 1 is 0.765 bits per heavy atom. The molecule has 0 aromatic heterocycles. The van der Waals surface area contributed by atoms with Crippen molar-refractivity contribution in [3.8, 4) is 11.1 Å². The fraction of sp³-hybridized carbons (Fsp3) is 0.310. The van der Waals surface area contributed by atoms with Crippen LogP contribution in [0.15, 0.2) is 72.8 Å². The number of nitrogens with zero attached hydrogens (tertiary/aromatic N) is 3. The van der Waals surface area contributed by atoms with Crippen LogP contribution in [0.25, 0.3) is 11.1 Å². The van der Waals surface area contributed by atoms with E-state index in [-0.39, 0.29) is 11.9 Å². The molecule has 3 aromatic rings. The molecule has 2 saturated heterocycles. The number of carbonyl (C=O) groups excluding carboxylic acids is 2. The maximum atomic E-state index is 13.5. The summed E-state index contributed by atoms with van der Waals surface area (Å²) in [5, 5.41) is 0. The first-order valence-corrected chi connectivity index (χ1v) is 12.1. The highest BCUT2D eigenvalue weighted by Crippen LogP contribution is 2.39. The van der Waals surface area contributed by atoms with Crippen LogP contribution in [0.2, 0.25) is 0 Å². The monoisotopic (exact) mass is 451 g/mol. The maximum absolute atomic E-state index is 13.5. The zero-order valence-corrected chi connectivity index (χ0v) is 19.5. The quantitative estimate of drug-likeness (QED) is 0.423. The minimum Gasteiger partial charge on any atom is -0.312 e. The summed E-state index contributed by atoms with van der Waals surface area (Å²) in [6.07, 6.45) is 2.35. The van der Waals surface area contributed by atoms with Gasteiger partial charge in [0.1, 0.15) is 5.54 Å². The van der Waals surface area contributed by atoms with Crippen LogP contribution >= 0.6 is 0 Å². The largest absolute Gasteiger partial charge is 0.327 e. The molecule has 6 rings (SSSR count). The van der Waals surface area contributed by atoms with Crippen molar-refractivity contribution in [1.82, 2.24) is 14.7 Å². The van der Waals surface area contributed by atoms with Gasteiger partial charge in [0.25, 0.3) is 5.91 Å². The van der Waals surface area contributed by atoms with E-state index in [9.17, 15) is 9.59 Å². The molecule has 34 heavy (non-hydrogen) atoms. The van der Waals surface area contributed by atoms with Gasteiger partial charge in [-0.25, -0.2) is 4.79 Å². The van der Waals surface area contributed by atoms with Gasteiger partial charge in [-0.15, -0.1) is 0 Å². The number of hydrogen-bond acceptors (Lipinski definition) is 3. The Hall–Kier alpha value is -3.44. The van der Waals surface area contributed by atoms with Gasteiger partial charge in [-0.05, 0) is 52.6 Å². The summed E-state index contributed by atoms with van der Waals surface area (Å²) in [4.78, 5) is 32.0. The first-order chi connectivity index (χ1) is 16.5. The van der Waals surface area contributed by atoms with Crippen LogP contribution in [0.5, 0.6) is 0 Å². The molecule has 3 aliphatic rings. The third kappa shape index (κ3) is 3.34. The van der Waals surface area contributed by atoms with Crippen LogP contribution in [-0.4, -0.2) is 52.3 Å². The van der Waals surface area contributed by atoms with E-state index in [1.165, 1.54) is 32.7 Å². The summed E-state index contributed by atoms with van der Waals surface area (Å²) in [6, 6.07) is 25.1. The zero-order chi connectivity index (χ0) is 23.3. The van der Waals surface area contributed by atoms with Gasteiger partial charge in [-0.3, -0.25) is 14.6 Å². The Bertz CT molecular complexity index is 1260. The summed E-state index contributed by atoms with van der Waals surface area (Å²) in [5.74, 6) is -0.0428. The lowest BCUT2D eigenvalue weighted by molar-refractivity contribution is -0.135. The predicted octanol–water partition coefficient (Wildman–Crippen LogP) is 4.69. The van der Waals surface area contributed by atoms with Gasteiger partial charge in [-0.1, -0.05) is 72.8 Å². The molecule has 3 amide bonds. The lowest BCUT2D eigenvalue weighted by Gasteiger charge is -2.40. The highest BCUT2D eigenvalue weighted by atomic mass is 16.2. The van der Waals surface area contributed by atoms with Crippen molar-refractivity contribution in [1.29, 1.82) is 0 Å². The molecule has 0 saturated carbocycles. The molecular formula is C29H29N3O2. The van der Waals surface area contributed by atoms with Crippen LogP contribution in [0.3, 0.4) is 0 Å². The number of carbonyl (C=O) groups is 2. The fourth-order valence-corrected chi connectivity index (χ4v) is 5.94. The average molecular weight is 452 g/mol. The van der Waals surface area contributed by atoms with E-state index in [0.717, 1.165) is 31.6 Å². The topological polar surface area (TPSA) is 43.9 Å². The number of amides is 3. The van der Waals surface area contributed by atoms with Crippen LogP contribution in [0.4, 0.5) is 4.79 Å². The van der Waals surface area contributed by atoms with Gasteiger partial charge in [0.15, 0.2) is 0 Å². The van der Waals surface area contributed by atoms with Gasteiger partial charge in [-0.2, -0.15) is 0 Å². The number of hydrogen-bond donors (Lipinski definition) is 0. The Labute approximate surface area is 200 Å². The van der Waals surface area contributed by atoms with E-state index in [1.807, 2.05) is 30.3 Å². The molecule has 5 heteroatoms. The third-order valence-electron chi connectivity index (χ3n) is 7.93. The zero-order valence-electron chi connectivity index (χ0n) is 19.5. The van der Waals surface area contributed by atoms with Crippen molar-refractivity contribution in [2.45, 2.75) is 37.9 Å². The number of likely N-dealkylation sites (tertiary alicyclic amines) is 1. The molecule has 0 bridgehead atoms. The Balaban J connectivity index is 1.13. The van der Waals surface area contributed by atoms with Gasteiger partial charge in [0.2, 0.25) is 0 Å². The molecule has 0 unspecified atom stereocenters. The summed E-state index contributed by atoms with van der Waals surface area (Å²) in [6.45, 7) is 2.82. The van der Waals surface area contributed by atoms with Crippen molar-refractivity contribution < 1.29 is 9.59 Å². The number of piperidine rings is 1. The molecule has 5 nitrogen and oxygen atoms in total. The molecule has 0 N–H and O–H groups in total. The van der Waals surface area contributed by atoms with Crippen LogP contribution in [0, 0.1) is 0 Å². The fourth-order valence-electron chi connectivity index (χ4n) is 5.94. The van der Waals surface area contributed by atoms with E-state index in [4.69, 9.17) is 0 Å². The van der Waals surface area contributed by atoms with Gasteiger partial charge in [0, 0.05) is 26.7 Å². The van der Waals surface area contributed by atoms with Crippen LogP contribution < -0.4 is 0 Å². The lowest BCUT2D eigenvalue weighted by atomic mass is 9.86. The second kappa shape index (κ2) is 8.10. The molecule has 2 fully saturated rings. The maximum Gasteiger partial charge on any atom is 0.327 e. The number of rotatable bonds is 4. The number of benzene rings is 3. The molecule has 3 aromatic carbocycles. The number of urea groups is 1. The smallest absolute Gasteiger partial charge is 0.312 e. The van der Waals surface area contributed by atoms with Crippen molar-refractivity contribution >= 4 is 11.9 Å². The van der Waals surface area contributed by atoms with E-state index in [2.05, 4.69) is 47.4 Å².